The van der Waals surface area contributed by atoms with Crippen molar-refractivity contribution in [2.45, 2.75) is 25.3 Å². The van der Waals surface area contributed by atoms with Crippen LogP contribution in [0.1, 0.15) is 30.1 Å². The predicted octanol–water partition coefficient (Wildman–Crippen LogP) is 3.07. The minimum Gasteiger partial charge on any atom is -0.322 e. The van der Waals surface area contributed by atoms with E-state index in [4.69, 9.17) is 9.78 Å². The molecule has 4 rings (SSSR count). The number of carbonyl (C=O) groups excluding carboxylic acids is 2. The van der Waals surface area contributed by atoms with Crippen LogP contribution in [-0.2, 0) is 9.68 Å². The van der Waals surface area contributed by atoms with Gasteiger partial charge in [-0.15, -0.1) is 0 Å². The topological polar surface area (TPSA) is 125 Å². The van der Waals surface area contributed by atoms with E-state index in [1.54, 1.807) is 31.3 Å². The Hall–Kier alpha value is -4.08. The minimum absolute atomic E-state index is 0.0567. The zero-order valence-electron chi connectivity index (χ0n) is 16.6. The van der Waals surface area contributed by atoms with Crippen LogP contribution in [0.15, 0.2) is 55.0 Å². The zero-order chi connectivity index (χ0) is 22.0. The molecule has 158 valence electrons. The van der Waals surface area contributed by atoms with E-state index in [2.05, 4.69) is 9.97 Å². The van der Waals surface area contributed by atoms with Crippen molar-refractivity contribution >= 4 is 28.5 Å². The van der Waals surface area contributed by atoms with Gasteiger partial charge in [0.25, 0.3) is 11.6 Å². The molecule has 3 heterocycles. The lowest BCUT2D eigenvalue weighted by Gasteiger charge is -2.32. The summed E-state index contributed by atoms with van der Waals surface area (Å²) in [5.74, 6) is -1.02. The van der Waals surface area contributed by atoms with Crippen LogP contribution in [0.4, 0.5) is 5.69 Å². The summed E-state index contributed by atoms with van der Waals surface area (Å²) in [5, 5.41) is 11.5. The van der Waals surface area contributed by atoms with Crippen LogP contribution in [0.3, 0.4) is 0 Å². The fraction of sp³-hybridized carbons (Fsp3) is 0.238. The van der Waals surface area contributed by atoms with Gasteiger partial charge in [-0.2, -0.15) is 0 Å². The second-order valence-electron chi connectivity index (χ2n) is 7.27. The first-order valence-corrected chi connectivity index (χ1v) is 9.55. The fourth-order valence-corrected chi connectivity index (χ4v) is 3.68. The van der Waals surface area contributed by atoms with Crippen molar-refractivity contribution in [2.75, 3.05) is 6.54 Å². The van der Waals surface area contributed by atoms with Gasteiger partial charge < -0.3 is 4.90 Å². The first-order valence-electron chi connectivity index (χ1n) is 9.55. The van der Waals surface area contributed by atoms with Gasteiger partial charge in [-0.25, -0.2) is 9.68 Å². The van der Waals surface area contributed by atoms with Crippen LogP contribution >= 0.6 is 0 Å². The van der Waals surface area contributed by atoms with E-state index >= 15 is 0 Å². The highest BCUT2D eigenvalue weighted by Gasteiger charge is 2.48. The number of nitro benzene ring substituents is 1. The maximum Gasteiger partial charge on any atom is 0.380 e. The molecule has 0 radical (unpaired) electrons. The molecule has 1 aromatic carbocycles. The number of non-ortho nitro benzene ring substituents is 1. The normalized spacial score (nSPS) is 18.0. The molecule has 0 spiro atoms. The number of amides is 1. The highest BCUT2D eigenvalue weighted by atomic mass is 17.2. The van der Waals surface area contributed by atoms with Gasteiger partial charge >= 0.3 is 5.97 Å². The summed E-state index contributed by atoms with van der Waals surface area (Å²) in [6, 6.07) is 8.94. The SMILES string of the molecule is CC1(C(=O)OOc2ccc([N+](=O)[O-])c3cccnc23)CCCN1C(=O)c1cccnc1. The van der Waals surface area contributed by atoms with Gasteiger partial charge in [-0.05, 0) is 50.1 Å². The van der Waals surface area contributed by atoms with Crippen LogP contribution in [0.25, 0.3) is 10.9 Å². The van der Waals surface area contributed by atoms with Gasteiger partial charge in [0.15, 0.2) is 0 Å². The number of pyridine rings is 2. The second-order valence-corrected chi connectivity index (χ2v) is 7.27. The van der Waals surface area contributed by atoms with E-state index in [1.807, 2.05) is 0 Å². The minimum atomic E-state index is -1.23. The summed E-state index contributed by atoms with van der Waals surface area (Å²) in [7, 11) is 0. The Kier molecular flexibility index (Phi) is 5.20. The van der Waals surface area contributed by atoms with E-state index in [0.29, 0.717) is 24.9 Å². The Bertz CT molecular complexity index is 1170. The van der Waals surface area contributed by atoms with Gasteiger partial charge in [-0.1, -0.05) is 0 Å². The number of nitro groups is 1. The van der Waals surface area contributed by atoms with Crippen molar-refractivity contribution in [3.05, 3.63) is 70.7 Å². The van der Waals surface area contributed by atoms with Crippen LogP contribution in [-0.4, -0.2) is 43.8 Å². The average molecular weight is 422 g/mol. The van der Waals surface area contributed by atoms with Gasteiger partial charge in [0.1, 0.15) is 11.1 Å². The molecule has 1 atom stereocenters. The molecular formula is C21H18N4O6. The molecule has 0 aliphatic carbocycles. The first kappa shape index (κ1) is 20.2. The summed E-state index contributed by atoms with van der Waals surface area (Å²) in [6.45, 7) is 2.01. The summed E-state index contributed by atoms with van der Waals surface area (Å²) in [6.07, 6.45) is 5.48. The van der Waals surface area contributed by atoms with Crippen molar-refractivity contribution in [3.63, 3.8) is 0 Å². The zero-order valence-corrected chi connectivity index (χ0v) is 16.6. The fourth-order valence-electron chi connectivity index (χ4n) is 3.68. The molecule has 1 aliphatic heterocycles. The third-order valence-electron chi connectivity index (χ3n) is 5.35. The molecule has 0 bridgehead atoms. The molecule has 3 aromatic rings. The quantitative estimate of drug-likeness (QED) is 0.349. The Morgan fingerprint density at radius 3 is 2.74 bits per heavy atom. The number of likely N-dealkylation sites (tertiary alicyclic amines) is 1. The van der Waals surface area contributed by atoms with Crippen molar-refractivity contribution in [3.8, 4) is 5.75 Å². The number of benzene rings is 1. The Morgan fingerprint density at radius 2 is 2.00 bits per heavy atom. The molecular weight excluding hydrogens is 404 g/mol. The van der Waals surface area contributed by atoms with Crippen molar-refractivity contribution in [1.29, 1.82) is 0 Å². The van der Waals surface area contributed by atoms with Crippen LogP contribution in [0.2, 0.25) is 0 Å². The summed E-state index contributed by atoms with van der Waals surface area (Å²) in [4.78, 5) is 56.3. The third-order valence-corrected chi connectivity index (χ3v) is 5.35. The van der Waals surface area contributed by atoms with Crippen LogP contribution in [0.5, 0.6) is 5.75 Å². The Labute approximate surface area is 176 Å². The maximum absolute atomic E-state index is 12.9. The lowest BCUT2D eigenvalue weighted by atomic mass is 9.98. The van der Waals surface area contributed by atoms with E-state index in [1.165, 1.54) is 35.5 Å². The van der Waals surface area contributed by atoms with Gasteiger partial charge in [-0.3, -0.25) is 29.8 Å². The molecule has 1 fully saturated rings. The number of hydrogen-bond donors (Lipinski definition) is 0. The van der Waals surface area contributed by atoms with Gasteiger partial charge in [0.2, 0.25) is 5.75 Å². The number of aromatic nitrogens is 2. The molecule has 31 heavy (non-hydrogen) atoms. The van der Waals surface area contributed by atoms with Gasteiger partial charge in [0.05, 0.1) is 15.9 Å². The van der Waals surface area contributed by atoms with E-state index in [9.17, 15) is 19.7 Å². The third kappa shape index (κ3) is 3.63. The highest BCUT2D eigenvalue weighted by molar-refractivity contribution is 5.98. The monoisotopic (exact) mass is 422 g/mol. The van der Waals surface area contributed by atoms with Crippen LogP contribution in [0, 0.1) is 10.1 Å². The molecule has 1 amide bonds. The standard InChI is InChI=1S/C21H18N4O6/c1-21(9-4-12-24(21)19(26)14-5-2-10-22-13-14)20(27)31-30-17-8-7-16(25(28)29)15-6-3-11-23-18(15)17/h2-3,5-8,10-11,13H,4,9,12H2,1H3. The molecule has 1 unspecified atom stereocenters. The number of nitrogens with zero attached hydrogens (tertiary/aromatic N) is 4. The smallest absolute Gasteiger partial charge is 0.322 e. The Morgan fingerprint density at radius 1 is 1.19 bits per heavy atom. The molecule has 10 heteroatoms. The predicted molar refractivity (Wildman–Crippen MR) is 108 cm³/mol. The number of carbonyl (C=O) groups is 2. The lowest BCUT2D eigenvalue weighted by molar-refractivity contribution is -0.383. The average Bonchev–Trinajstić information content (AvgIpc) is 3.19. The van der Waals surface area contributed by atoms with E-state index in [-0.39, 0.29) is 28.2 Å². The number of rotatable bonds is 5. The summed E-state index contributed by atoms with van der Waals surface area (Å²) < 4.78 is 0. The molecule has 1 saturated heterocycles. The molecule has 2 aromatic heterocycles. The molecule has 1 aliphatic rings. The van der Waals surface area contributed by atoms with Crippen molar-refractivity contribution < 1.29 is 24.3 Å². The highest BCUT2D eigenvalue weighted by Crippen LogP contribution is 2.34. The number of fused-ring (bicyclic) bond motifs is 1. The van der Waals surface area contributed by atoms with E-state index in [0.717, 1.165) is 0 Å². The largest absolute Gasteiger partial charge is 0.380 e. The summed E-state index contributed by atoms with van der Waals surface area (Å²) >= 11 is 0. The molecule has 10 nitrogen and oxygen atoms in total. The van der Waals surface area contributed by atoms with E-state index < -0.39 is 16.4 Å². The Balaban J connectivity index is 1.55. The summed E-state index contributed by atoms with van der Waals surface area (Å²) in [5.41, 5.74) is -0.811. The maximum atomic E-state index is 12.9. The molecule has 0 N–H and O–H groups in total. The lowest BCUT2D eigenvalue weighted by Crippen LogP contribution is -2.51. The first-order chi connectivity index (χ1) is 14.9. The molecule has 0 saturated carbocycles. The van der Waals surface area contributed by atoms with Gasteiger partial charge in [0, 0.05) is 31.2 Å². The van der Waals surface area contributed by atoms with Crippen molar-refractivity contribution in [1.82, 2.24) is 14.9 Å². The second kappa shape index (κ2) is 7.98. The van der Waals surface area contributed by atoms with Crippen LogP contribution < -0.4 is 4.89 Å². The van der Waals surface area contributed by atoms with Crippen molar-refractivity contribution in [2.24, 2.45) is 0 Å². The number of hydrogen-bond acceptors (Lipinski definition) is 8.